The van der Waals surface area contributed by atoms with Crippen LogP contribution in [-0.2, 0) is 4.79 Å². The van der Waals surface area contributed by atoms with Gasteiger partial charge in [-0.15, -0.1) is 35.3 Å². The predicted molar refractivity (Wildman–Crippen MR) is 122 cm³/mol. The minimum atomic E-state index is -0.355. The number of anilines is 1. The Balaban J connectivity index is 0.00000338. The highest BCUT2D eigenvalue weighted by molar-refractivity contribution is 14.0. The lowest BCUT2D eigenvalue weighted by Gasteiger charge is -2.37. The van der Waals surface area contributed by atoms with Crippen LogP contribution >= 0.6 is 35.3 Å². The number of rotatable bonds is 5. The zero-order valence-electron chi connectivity index (χ0n) is 16.2. The highest BCUT2D eigenvalue weighted by Gasteiger charge is 2.21. The molecule has 1 aliphatic heterocycles. The van der Waals surface area contributed by atoms with Crippen LogP contribution in [0.5, 0.6) is 0 Å². The van der Waals surface area contributed by atoms with Gasteiger partial charge in [0.25, 0.3) is 0 Å². The van der Waals surface area contributed by atoms with E-state index in [1.165, 1.54) is 5.00 Å². The second-order valence-electron chi connectivity index (χ2n) is 7.17. The Labute approximate surface area is 178 Å². The number of halogens is 1. The molecule has 2 N–H and O–H groups in total. The van der Waals surface area contributed by atoms with Gasteiger partial charge < -0.3 is 20.4 Å². The third kappa shape index (κ3) is 6.94. The molecule has 0 spiro atoms. The van der Waals surface area contributed by atoms with Gasteiger partial charge in [-0.1, -0.05) is 20.8 Å². The first-order chi connectivity index (χ1) is 11.9. The van der Waals surface area contributed by atoms with E-state index in [2.05, 4.69) is 49.9 Å². The summed E-state index contributed by atoms with van der Waals surface area (Å²) in [6.07, 6.45) is 0. The molecular weight excluding hydrogens is 461 g/mol. The van der Waals surface area contributed by atoms with Crippen LogP contribution in [-0.4, -0.2) is 62.6 Å². The van der Waals surface area contributed by atoms with Gasteiger partial charge in [0.1, 0.15) is 0 Å². The molecule has 26 heavy (non-hydrogen) atoms. The maximum Gasteiger partial charge on any atom is 0.225 e. The molecule has 8 heteroatoms. The van der Waals surface area contributed by atoms with Crippen LogP contribution in [0.4, 0.5) is 5.00 Å². The number of nitrogens with zero attached hydrogens (tertiary/aromatic N) is 3. The Kier molecular flexibility index (Phi) is 9.70. The van der Waals surface area contributed by atoms with E-state index in [1.54, 1.807) is 11.3 Å². The van der Waals surface area contributed by atoms with Crippen LogP contribution < -0.4 is 15.5 Å². The predicted octanol–water partition coefficient (Wildman–Crippen LogP) is 2.62. The zero-order valence-corrected chi connectivity index (χ0v) is 19.4. The molecule has 0 atom stereocenters. The number of amides is 1. The van der Waals surface area contributed by atoms with E-state index >= 15 is 0 Å². The molecule has 2 rings (SSSR count). The summed E-state index contributed by atoms with van der Waals surface area (Å²) in [4.78, 5) is 21.3. The lowest BCUT2D eigenvalue weighted by Crippen LogP contribution is -2.52. The Morgan fingerprint density at radius 3 is 2.46 bits per heavy atom. The molecule has 0 radical (unpaired) electrons. The van der Waals surface area contributed by atoms with E-state index in [-0.39, 0.29) is 35.3 Å². The van der Waals surface area contributed by atoms with Crippen molar-refractivity contribution >= 4 is 52.2 Å². The van der Waals surface area contributed by atoms with Crippen LogP contribution in [0.3, 0.4) is 0 Å². The first kappa shape index (κ1) is 23.0. The smallest absolute Gasteiger partial charge is 0.225 e. The van der Waals surface area contributed by atoms with Crippen molar-refractivity contribution < 1.29 is 4.79 Å². The molecule has 0 aliphatic carbocycles. The maximum absolute atomic E-state index is 11.9. The van der Waals surface area contributed by atoms with E-state index in [9.17, 15) is 4.79 Å². The number of aliphatic imine (C=N–C) groups is 1. The minimum Gasteiger partial charge on any atom is -0.360 e. The minimum absolute atomic E-state index is 0. The molecular formula is C18H32IN5OS. The summed E-state index contributed by atoms with van der Waals surface area (Å²) in [5, 5.41) is 9.78. The summed E-state index contributed by atoms with van der Waals surface area (Å²) in [5.41, 5.74) is -0.355. The fourth-order valence-electron chi connectivity index (χ4n) is 2.61. The molecule has 1 aromatic rings. The van der Waals surface area contributed by atoms with Crippen molar-refractivity contribution in [2.75, 3.05) is 50.7 Å². The van der Waals surface area contributed by atoms with E-state index in [0.717, 1.165) is 38.7 Å². The van der Waals surface area contributed by atoms with Crippen molar-refractivity contribution in [2.45, 2.75) is 27.7 Å². The Bertz CT molecular complexity index is 563. The van der Waals surface area contributed by atoms with E-state index in [1.807, 2.05) is 20.8 Å². The number of hydrogen-bond donors (Lipinski definition) is 2. The Morgan fingerprint density at radius 1 is 1.23 bits per heavy atom. The molecule has 1 amide bonds. The van der Waals surface area contributed by atoms with Gasteiger partial charge in [-0.3, -0.25) is 9.79 Å². The van der Waals surface area contributed by atoms with Gasteiger partial charge in [-0.05, 0) is 24.4 Å². The molecule has 0 unspecified atom stereocenters. The van der Waals surface area contributed by atoms with E-state index in [0.29, 0.717) is 13.1 Å². The van der Waals surface area contributed by atoms with Crippen molar-refractivity contribution in [3.63, 3.8) is 0 Å². The molecule has 0 saturated carbocycles. The summed E-state index contributed by atoms with van der Waals surface area (Å²) in [5.74, 6) is 1.01. The monoisotopic (exact) mass is 493 g/mol. The lowest BCUT2D eigenvalue weighted by molar-refractivity contribution is -0.128. The average Bonchev–Trinajstić information content (AvgIpc) is 3.11. The fraction of sp³-hybridized carbons (Fsp3) is 0.667. The van der Waals surface area contributed by atoms with Crippen LogP contribution in [0.25, 0.3) is 0 Å². The lowest BCUT2D eigenvalue weighted by atomic mass is 9.96. The number of guanidine groups is 1. The first-order valence-electron chi connectivity index (χ1n) is 9.02. The molecule has 0 bridgehead atoms. The number of carbonyl (C=O) groups is 1. The second kappa shape index (κ2) is 11.0. The molecule has 2 heterocycles. The van der Waals surface area contributed by atoms with Gasteiger partial charge in [-0.2, -0.15) is 0 Å². The van der Waals surface area contributed by atoms with Crippen molar-refractivity contribution in [1.29, 1.82) is 0 Å². The third-order valence-electron chi connectivity index (χ3n) is 4.07. The Morgan fingerprint density at radius 2 is 1.92 bits per heavy atom. The number of hydrogen-bond acceptors (Lipinski definition) is 4. The number of carbonyl (C=O) groups excluding carboxylic acids is 1. The van der Waals surface area contributed by atoms with Gasteiger partial charge in [0.2, 0.25) is 5.91 Å². The number of piperazine rings is 1. The highest BCUT2D eigenvalue weighted by Crippen LogP contribution is 2.22. The summed E-state index contributed by atoms with van der Waals surface area (Å²) in [6.45, 7) is 13.8. The average molecular weight is 493 g/mol. The Hall–Kier alpha value is -1.03. The largest absolute Gasteiger partial charge is 0.360 e. The van der Waals surface area contributed by atoms with Crippen molar-refractivity contribution in [1.82, 2.24) is 15.5 Å². The van der Waals surface area contributed by atoms with Gasteiger partial charge in [-0.25, -0.2) is 0 Å². The standard InChI is InChI=1S/C18H31N5OS.HI/c1-5-19-17(21-9-8-20-16(24)18(2,3)4)23-12-10-22(11-13-23)15-7-6-14-25-15;/h6-7,14H,5,8-13H2,1-4H3,(H,19,21)(H,20,24);1H. The molecule has 1 fully saturated rings. The maximum atomic E-state index is 11.9. The summed E-state index contributed by atoms with van der Waals surface area (Å²) in [7, 11) is 0. The SMILES string of the molecule is CCNC(=NCCNC(=O)C(C)(C)C)N1CCN(c2cccs2)CC1.I. The number of thiophene rings is 1. The molecule has 1 aliphatic rings. The van der Waals surface area contributed by atoms with Gasteiger partial charge in [0, 0.05) is 44.7 Å². The van der Waals surface area contributed by atoms with Crippen molar-refractivity contribution in [3.8, 4) is 0 Å². The molecule has 6 nitrogen and oxygen atoms in total. The van der Waals surface area contributed by atoms with E-state index < -0.39 is 0 Å². The second-order valence-corrected chi connectivity index (χ2v) is 8.09. The molecule has 148 valence electrons. The van der Waals surface area contributed by atoms with Crippen LogP contribution in [0.15, 0.2) is 22.5 Å². The zero-order chi connectivity index (χ0) is 18.3. The quantitative estimate of drug-likeness (QED) is 0.287. The highest BCUT2D eigenvalue weighted by atomic mass is 127. The molecule has 0 aromatic carbocycles. The van der Waals surface area contributed by atoms with Gasteiger partial charge in [0.15, 0.2) is 5.96 Å². The summed E-state index contributed by atoms with van der Waals surface area (Å²) >= 11 is 1.79. The normalized spacial score (nSPS) is 15.5. The summed E-state index contributed by atoms with van der Waals surface area (Å²) < 4.78 is 0. The number of nitrogens with one attached hydrogen (secondary N) is 2. The van der Waals surface area contributed by atoms with Gasteiger partial charge >= 0.3 is 0 Å². The summed E-state index contributed by atoms with van der Waals surface area (Å²) in [6, 6.07) is 4.28. The topological polar surface area (TPSA) is 60.0 Å². The van der Waals surface area contributed by atoms with Crippen LogP contribution in [0.2, 0.25) is 0 Å². The van der Waals surface area contributed by atoms with Crippen molar-refractivity contribution in [3.05, 3.63) is 17.5 Å². The first-order valence-corrected chi connectivity index (χ1v) is 9.90. The van der Waals surface area contributed by atoms with Gasteiger partial charge in [0.05, 0.1) is 11.5 Å². The fourth-order valence-corrected chi connectivity index (χ4v) is 3.40. The van der Waals surface area contributed by atoms with Crippen molar-refractivity contribution in [2.24, 2.45) is 10.4 Å². The van der Waals surface area contributed by atoms with Crippen LogP contribution in [0, 0.1) is 5.41 Å². The molecule has 1 saturated heterocycles. The molecule has 1 aromatic heterocycles. The van der Waals surface area contributed by atoms with Crippen LogP contribution in [0.1, 0.15) is 27.7 Å². The van der Waals surface area contributed by atoms with E-state index in [4.69, 9.17) is 0 Å². The third-order valence-corrected chi connectivity index (χ3v) is 5.00.